The summed E-state index contributed by atoms with van der Waals surface area (Å²) in [5, 5.41) is 12.6. The third kappa shape index (κ3) is 6.27. The average molecular weight is 331 g/mol. The molecule has 2 N–H and O–H groups in total. The first-order valence-electron chi connectivity index (χ1n) is 6.49. The van der Waals surface area contributed by atoms with E-state index in [0.717, 1.165) is 11.3 Å². The van der Waals surface area contributed by atoms with E-state index >= 15 is 0 Å². The SMILES string of the molecule is CSC(C)CCNC(=O)N(CC(=O)O)c1cccc(Cl)c1. The lowest BCUT2D eigenvalue weighted by molar-refractivity contribution is -0.135. The van der Waals surface area contributed by atoms with Crippen LogP contribution < -0.4 is 10.2 Å². The van der Waals surface area contributed by atoms with Crippen molar-refractivity contribution in [2.45, 2.75) is 18.6 Å². The predicted octanol–water partition coefficient (Wildman–Crippen LogP) is 3.08. The van der Waals surface area contributed by atoms with E-state index < -0.39 is 18.5 Å². The predicted molar refractivity (Wildman–Crippen MR) is 87.4 cm³/mol. The first-order chi connectivity index (χ1) is 9.93. The van der Waals surface area contributed by atoms with Gasteiger partial charge in [0, 0.05) is 22.5 Å². The van der Waals surface area contributed by atoms with Gasteiger partial charge in [0.05, 0.1) is 0 Å². The lowest BCUT2D eigenvalue weighted by atomic mass is 10.3. The van der Waals surface area contributed by atoms with Gasteiger partial charge in [0.2, 0.25) is 0 Å². The van der Waals surface area contributed by atoms with Crippen LogP contribution in [0, 0.1) is 0 Å². The molecule has 1 atom stereocenters. The molecule has 116 valence electrons. The molecule has 0 radical (unpaired) electrons. The lowest BCUT2D eigenvalue weighted by Crippen LogP contribution is -2.43. The third-order valence-electron chi connectivity index (χ3n) is 2.89. The number of rotatable bonds is 7. The van der Waals surface area contributed by atoms with Crippen LogP contribution in [-0.4, -0.2) is 41.7 Å². The van der Waals surface area contributed by atoms with Crippen molar-refractivity contribution in [1.29, 1.82) is 0 Å². The van der Waals surface area contributed by atoms with Crippen LogP contribution in [-0.2, 0) is 4.79 Å². The fourth-order valence-corrected chi connectivity index (χ4v) is 2.19. The van der Waals surface area contributed by atoms with Crippen LogP contribution >= 0.6 is 23.4 Å². The molecule has 0 heterocycles. The molecule has 1 rings (SSSR count). The minimum absolute atomic E-state index is 0.412. The Balaban J connectivity index is 2.73. The van der Waals surface area contributed by atoms with Crippen LogP contribution in [0.5, 0.6) is 0 Å². The largest absolute Gasteiger partial charge is 0.480 e. The summed E-state index contributed by atoms with van der Waals surface area (Å²) in [4.78, 5) is 24.3. The number of aliphatic carboxylic acids is 1. The number of anilines is 1. The highest BCUT2D eigenvalue weighted by Crippen LogP contribution is 2.19. The van der Waals surface area contributed by atoms with Gasteiger partial charge in [-0.1, -0.05) is 24.6 Å². The zero-order valence-corrected chi connectivity index (χ0v) is 13.6. The zero-order chi connectivity index (χ0) is 15.8. The molecule has 0 aliphatic heterocycles. The molecule has 0 fully saturated rings. The van der Waals surface area contributed by atoms with Gasteiger partial charge < -0.3 is 10.4 Å². The number of halogens is 1. The molecule has 21 heavy (non-hydrogen) atoms. The number of carbonyl (C=O) groups is 2. The summed E-state index contributed by atoms with van der Waals surface area (Å²) in [5.74, 6) is -1.08. The molecule has 0 aliphatic carbocycles. The van der Waals surface area contributed by atoms with Crippen LogP contribution in [0.1, 0.15) is 13.3 Å². The van der Waals surface area contributed by atoms with Crippen LogP contribution in [0.15, 0.2) is 24.3 Å². The molecule has 0 bridgehead atoms. The maximum atomic E-state index is 12.2. The molecule has 0 saturated carbocycles. The molecular formula is C14H19ClN2O3S. The Morgan fingerprint density at radius 1 is 1.48 bits per heavy atom. The summed E-state index contributed by atoms with van der Waals surface area (Å²) in [5.41, 5.74) is 0.459. The van der Waals surface area contributed by atoms with Gasteiger partial charge in [0.1, 0.15) is 6.54 Å². The van der Waals surface area contributed by atoms with Crippen LogP contribution in [0.25, 0.3) is 0 Å². The number of thioether (sulfide) groups is 1. The van der Waals surface area contributed by atoms with Crippen LogP contribution in [0.3, 0.4) is 0 Å². The molecule has 5 nitrogen and oxygen atoms in total. The van der Waals surface area contributed by atoms with Crippen LogP contribution in [0.2, 0.25) is 5.02 Å². The number of nitrogens with zero attached hydrogens (tertiary/aromatic N) is 1. The van der Waals surface area contributed by atoms with Crippen molar-refractivity contribution in [3.8, 4) is 0 Å². The highest BCUT2D eigenvalue weighted by atomic mass is 35.5. The summed E-state index contributed by atoms with van der Waals surface area (Å²) in [6.45, 7) is 2.16. The van der Waals surface area contributed by atoms with E-state index in [4.69, 9.17) is 16.7 Å². The van der Waals surface area contributed by atoms with Crippen molar-refractivity contribution in [2.75, 3.05) is 24.2 Å². The van der Waals surface area contributed by atoms with E-state index in [0.29, 0.717) is 22.5 Å². The number of carbonyl (C=O) groups excluding carboxylic acids is 1. The Morgan fingerprint density at radius 3 is 2.76 bits per heavy atom. The highest BCUT2D eigenvalue weighted by molar-refractivity contribution is 7.99. The van der Waals surface area contributed by atoms with Gasteiger partial charge in [-0.15, -0.1) is 0 Å². The standard InChI is InChI=1S/C14H19ClN2O3S/c1-10(21-2)6-7-16-14(20)17(9-13(18)19)12-5-3-4-11(15)8-12/h3-5,8,10H,6-7,9H2,1-2H3,(H,16,20)(H,18,19). The van der Waals surface area contributed by atoms with Gasteiger partial charge >= 0.3 is 12.0 Å². The van der Waals surface area contributed by atoms with Gasteiger partial charge in [0.15, 0.2) is 0 Å². The Hall–Kier alpha value is -1.40. The van der Waals surface area contributed by atoms with Crippen molar-refractivity contribution in [2.24, 2.45) is 0 Å². The summed E-state index contributed by atoms with van der Waals surface area (Å²) < 4.78 is 0. The Labute approximate surface area is 133 Å². The Kier molecular flexibility index (Phi) is 7.39. The van der Waals surface area contributed by atoms with Crippen molar-refractivity contribution >= 4 is 41.1 Å². The number of urea groups is 1. The van der Waals surface area contributed by atoms with Crippen molar-refractivity contribution in [1.82, 2.24) is 5.32 Å². The fraction of sp³-hybridized carbons (Fsp3) is 0.429. The van der Waals surface area contributed by atoms with Crippen molar-refractivity contribution in [3.63, 3.8) is 0 Å². The third-order valence-corrected chi connectivity index (χ3v) is 4.16. The van der Waals surface area contributed by atoms with Gasteiger partial charge in [-0.05, 0) is 30.9 Å². The van der Waals surface area contributed by atoms with Gasteiger partial charge in [-0.25, -0.2) is 4.79 Å². The molecule has 1 aromatic rings. The van der Waals surface area contributed by atoms with E-state index in [1.807, 2.05) is 6.26 Å². The van der Waals surface area contributed by atoms with Gasteiger partial charge in [-0.3, -0.25) is 9.69 Å². The highest BCUT2D eigenvalue weighted by Gasteiger charge is 2.18. The molecule has 7 heteroatoms. The number of carboxylic acids is 1. The zero-order valence-electron chi connectivity index (χ0n) is 12.0. The number of benzene rings is 1. The maximum Gasteiger partial charge on any atom is 0.323 e. The minimum atomic E-state index is -1.08. The van der Waals surface area contributed by atoms with Crippen molar-refractivity contribution < 1.29 is 14.7 Å². The number of nitrogens with one attached hydrogen (secondary N) is 1. The first kappa shape index (κ1) is 17.7. The molecule has 2 amide bonds. The van der Waals surface area contributed by atoms with Gasteiger partial charge in [-0.2, -0.15) is 11.8 Å². The number of amides is 2. The Morgan fingerprint density at radius 2 is 2.19 bits per heavy atom. The molecule has 0 aliphatic rings. The summed E-state index contributed by atoms with van der Waals surface area (Å²) in [6.07, 6.45) is 2.83. The lowest BCUT2D eigenvalue weighted by Gasteiger charge is -2.22. The molecule has 1 aromatic carbocycles. The molecule has 0 saturated heterocycles. The topological polar surface area (TPSA) is 69.6 Å². The van der Waals surface area contributed by atoms with E-state index in [1.165, 1.54) is 0 Å². The number of hydrogen-bond acceptors (Lipinski definition) is 3. The number of hydrogen-bond donors (Lipinski definition) is 2. The smallest absolute Gasteiger partial charge is 0.323 e. The molecule has 1 unspecified atom stereocenters. The molecule has 0 spiro atoms. The number of carboxylic acid groups (broad SMARTS) is 1. The molecule has 0 aromatic heterocycles. The molecular weight excluding hydrogens is 312 g/mol. The second-order valence-electron chi connectivity index (χ2n) is 4.53. The van der Waals surface area contributed by atoms with E-state index in [-0.39, 0.29) is 0 Å². The maximum absolute atomic E-state index is 12.2. The van der Waals surface area contributed by atoms with Crippen LogP contribution in [0.4, 0.5) is 10.5 Å². The first-order valence-corrected chi connectivity index (χ1v) is 8.16. The van der Waals surface area contributed by atoms with E-state index in [9.17, 15) is 9.59 Å². The monoisotopic (exact) mass is 330 g/mol. The second kappa shape index (κ2) is 8.79. The second-order valence-corrected chi connectivity index (χ2v) is 6.24. The normalized spacial score (nSPS) is 11.8. The van der Waals surface area contributed by atoms with E-state index in [2.05, 4.69) is 12.2 Å². The van der Waals surface area contributed by atoms with Crippen molar-refractivity contribution in [3.05, 3.63) is 29.3 Å². The van der Waals surface area contributed by atoms with Gasteiger partial charge in [0.25, 0.3) is 0 Å². The quantitative estimate of drug-likeness (QED) is 0.806. The fourth-order valence-electron chi connectivity index (χ4n) is 1.66. The summed E-state index contributed by atoms with van der Waals surface area (Å²) in [7, 11) is 0. The van der Waals surface area contributed by atoms with E-state index in [1.54, 1.807) is 36.0 Å². The summed E-state index contributed by atoms with van der Waals surface area (Å²) >= 11 is 7.60. The minimum Gasteiger partial charge on any atom is -0.480 e. The average Bonchev–Trinajstić information content (AvgIpc) is 2.44. The Bertz CT molecular complexity index is 499. The summed E-state index contributed by atoms with van der Waals surface area (Å²) in [6, 6.07) is 6.12.